The minimum atomic E-state index is -0.161. The molecule has 0 aliphatic heterocycles. The van der Waals surface area contributed by atoms with Crippen molar-refractivity contribution in [2.45, 2.75) is 192 Å². The van der Waals surface area contributed by atoms with Gasteiger partial charge in [-0.15, -0.1) is 0 Å². The number of aromatic amines is 4. The maximum Gasteiger partial charge on any atom is 0.253 e. The van der Waals surface area contributed by atoms with Crippen molar-refractivity contribution in [2.75, 3.05) is 56.6 Å². The van der Waals surface area contributed by atoms with Crippen LogP contribution in [0.5, 0.6) is 46.5 Å². The van der Waals surface area contributed by atoms with Gasteiger partial charge in [0.15, 0.2) is 11.6 Å². The fourth-order valence-corrected chi connectivity index (χ4v) is 20.6. The number of benzene rings is 7. The maximum atomic E-state index is 12.4. The third-order valence-electron chi connectivity index (χ3n) is 28.5. The lowest BCUT2D eigenvalue weighted by Gasteiger charge is -2.18. The van der Waals surface area contributed by atoms with Gasteiger partial charge in [0.1, 0.15) is 82.0 Å². The third-order valence-corrected chi connectivity index (χ3v) is 28.5. The molecule has 4 fully saturated rings. The quantitative estimate of drug-likeness (QED) is 0.0220. The van der Waals surface area contributed by atoms with Crippen molar-refractivity contribution in [1.82, 2.24) is 85.1 Å². The smallest absolute Gasteiger partial charge is 0.253 e. The summed E-state index contributed by atoms with van der Waals surface area (Å²) in [7, 11) is 15.2. The van der Waals surface area contributed by atoms with Gasteiger partial charge in [0.25, 0.3) is 17.7 Å². The van der Waals surface area contributed by atoms with Crippen molar-refractivity contribution in [3.63, 3.8) is 0 Å². The Kier molecular flexibility index (Phi) is 30.5. The average molecular weight is 1980 g/mol. The van der Waals surface area contributed by atoms with E-state index in [0.717, 1.165) is 193 Å². The SMILES string of the molecule is CCC(=O)c1ccc(Cc2nc3c(c(OC4CCCC4)n2)C(c2ccc(C(=O)N(C)C)cc2)=CC3)c(OC)c1.CCC(=O)c1ccc(Cc2nc3c(c(OC4CCCC4)n2)C(c2ccn[nH]2)=CC3)c(OC)c1.CNC(=O)c1ccc(Cc2nc(OC3CCCC3)c3c(-c4ccc5[nH]ccc5c4)c[nH]c3n2)c(OC)c1.CNC(=O)c1ccc(Cc2nc(OC3CCCC3)c3c(-c4ccc5c(ccn5C)c4)c[nH]c3n2)c(OC)c1. The van der Waals surface area contributed by atoms with Crippen molar-refractivity contribution in [3.8, 4) is 68.8 Å². The van der Waals surface area contributed by atoms with E-state index in [1.165, 1.54) is 49.4 Å². The highest BCUT2D eigenvalue weighted by molar-refractivity contribution is 6.03. The molecule has 16 aromatic rings. The summed E-state index contributed by atoms with van der Waals surface area (Å²) in [6.07, 6.45) is 36.5. The molecular weight excluding hydrogens is 1850 g/mol. The highest BCUT2D eigenvalue weighted by atomic mass is 16.5. The molecule has 7 aromatic carbocycles. The Labute approximate surface area is 853 Å². The van der Waals surface area contributed by atoms with Crippen LogP contribution in [0.2, 0.25) is 0 Å². The average Bonchev–Trinajstić information content (AvgIpc) is 1.61. The van der Waals surface area contributed by atoms with Gasteiger partial charge in [-0.3, -0.25) is 29.1 Å². The molecule has 30 nitrogen and oxygen atoms in total. The monoisotopic (exact) mass is 1970 g/mol. The van der Waals surface area contributed by atoms with Crippen molar-refractivity contribution in [1.29, 1.82) is 0 Å². The number of amides is 3. The second-order valence-electron chi connectivity index (χ2n) is 38.3. The molecule has 0 atom stereocenters. The Morgan fingerprint density at radius 3 is 1.24 bits per heavy atom. The third kappa shape index (κ3) is 22.1. The number of nitrogens with one attached hydrogen (secondary N) is 6. The standard InChI is InChI=1S/C32H35N3O4.C30H31N5O3.C29H29N5O3.C26H28N4O3/c1-5-27(36)22-14-15-23(28(18-22)38-4)19-29-33-26-17-16-25(20-10-12-21(13-11-20)32(37)35(2)3)30(26)31(34-29)39-24-8-6-7-9-24;1-31-29(36)21-9-8-20(25(15-21)37-3)16-26-33-28-27(30(34-26)38-22-6-4-5-7-22)23(17-32-28)18-10-11-24-19(14-18)12-13-35(24)2;1-30-28(35)20-8-7-19(24(14-20)36-2)15-25-33-27-26(29(34-25)37-21-5-3-4-6-21)22(16-32-27)17-9-10-23-18(13-17)11-12-31-23;1-3-22(31)16-8-9-17(23(14-16)32-2)15-24-28-21-11-10-19(20-12-13-27-30-20)25(21)26(29-24)33-18-6-4-5-7-18/h10-16,18,24H,5-9,17,19H2,1-4H3;8-15,17,22H,4-7,16H2,1-3H3,(H,31,36)(H,32,33,34);7-14,16,21,31H,3-6,15H2,1-2H3,(H,30,35)(H,32,33,34);8-10,12-14,18H,3-7,11,15H2,1-2H3,(H,27,30). The number of ether oxygens (including phenoxy) is 8. The van der Waals surface area contributed by atoms with E-state index in [1.807, 2.05) is 105 Å². The molecule has 6 aliphatic carbocycles. The highest BCUT2D eigenvalue weighted by Crippen LogP contribution is 2.45. The number of aryl methyl sites for hydroxylation is 1. The Hall–Kier alpha value is -16.1. The van der Waals surface area contributed by atoms with E-state index >= 15 is 0 Å². The predicted molar refractivity (Wildman–Crippen MR) is 566 cm³/mol. The largest absolute Gasteiger partial charge is 0.496 e. The number of methoxy groups -OCH3 is 4. The van der Waals surface area contributed by atoms with E-state index in [0.29, 0.717) is 143 Å². The normalized spacial score (nSPS) is 14.4. The number of ketones is 2. The van der Waals surface area contributed by atoms with Crippen LogP contribution in [0.1, 0.15) is 261 Å². The summed E-state index contributed by atoms with van der Waals surface area (Å²) in [5.41, 5.74) is 22.5. The zero-order valence-corrected chi connectivity index (χ0v) is 85.0. The fraction of sp³-hybridized carbons (Fsp3) is 0.333. The summed E-state index contributed by atoms with van der Waals surface area (Å²) in [6.45, 7) is 3.71. The van der Waals surface area contributed by atoms with Gasteiger partial charge in [0.05, 0.1) is 67.4 Å². The van der Waals surface area contributed by atoms with Crippen LogP contribution in [0.3, 0.4) is 0 Å². The maximum absolute atomic E-state index is 12.4. The summed E-state index contributed by atoms with van der Waals surface area (Å²) < 4.78 is 50.6. The van der Waals surface area contributed by atoms with Crippen LogP contribution in [0.15, 0.2) is 195 Å². The molecule has 30 heteroatoms. The molecule has 147 heavy (non-hydrogen) atoms. The second-order valence-corrected chi connectivity index (χ2v) is 38.3. The van der Waals surface area contributed by atoms with E-state index in [1.54, 1.807) is 98.1 Å². The van der Waals surface area contributed by atoms with E-state index in [2.05, 4.69) is 114 Å². The summed E-state index contributed by atoms with van der Waals surface area (Å²) in [5, 5.41) is 16.6. The molecule has 754 valence electrons. The molecule has 3 amide bonds. The Balaban J connectivity index is 0.000000124. The molecule has 0 unspecified atom stereocenters. The zero-order chi connectivity index (χ0) is 102. The number of hydrogen-bond acceptors (Lipinski definition) is 22. The predicted octanol–water partition coefficient (Wildman–Crippen LogP) is 21.2. The number of H-pyrrole nitrogens is 4. The van der Waals surface area contributed by atoms with Gasteiger partial charge in [-0.05, 0) is 221 Å². The first-order chi connectivity index (χ1) is 71.7. The number of aromatic nitrogens is 14. The molecule has 4 saturated carbocycles. The van der Waals surface area contributed by atoms with Gasteiger partial charge in [-0.1, -0.05) is 86.7 Å². The molecule has 0 spiro atoms. The first kappa shape index (κ1) is 99.6. The van der Waals surface area contributed by atoms with E-state index in [4.69, 9.17) is 77.8 Å². The van der Waals surface area contributed by atoms with E-state index in [-0.39, 0.29) is 53.7 Å². The number of Topliss-reactive ketones (excluding diaryl/α,β-unsaturated/α-hetero) is 2. The Morgan fingerprint density at radius 1 is 0.415 bits per heavy atom. The van der Waals surface area contributed by atoms with Crippen molar-refractivity contribution < 1.29 is 61.9 Å². The first-order valence-electron chi connectivity index (χ1n) is 51.0. The van der Waals surface area contributed by atoms with E-state index < -0.39 is 0 Å². The summed E-state index contributed by atoms with van der Waals surface area (Å²) >= 11 is 0. The van der Waals surface area contributed by atoms with Crippen LogP contribution < -0.4 is 48.5 Å². The van der Waals surface area contributed by atoms with Gasteiger partial charge in [-0.2, -0.15) is 25.0 Å². The molecular formula is C117H123N17O13. The molecule has 0 saturated heterocycles. The minimum absolute atomic E-state index is 0.0249. The molecule has 0 bridgehead atoms. The Bertz CT molecular complexity index is 7640. The van der Waals surface area contributed by atoms with Crippen LogP contribution in [0.4, 0.5) is 0 Å². The van der Waals surface area contributed by atoms with Crippen molar-refractivity contribution in [2.24, 2.45) is 7.05 Å². The number of hydrogen-bond donors (Lipinski definition) is 6. The van der Waals surface area contributed by atoms with Crippen molar-refractivity contribution >= 4 is 84.3 Å². The second kappa shape index (κ2) is 45.0. The van der Waals surface area contributed by atoms with Crippen LogP contribution in [0, 0.1) is 0 Å². The summed E-state index contributed by atoms with van der Waals surface area (Å²) in [5.74, 6) is 7.50. The number of nitrogens with zero attached hydrogens (tertiary/aromatic N) is 11. The van der Waals surface area contributed by atoms with Gasteiger partial charge < -0.3 is 72.9 Å². The lowest BCUT2D eigenvalue weighted by Crippen LogP contribution is -2.21. The number of fused-ring (bicyclic) bond motifs is 6. The lowest BCUT2D eigenvalue weighted by atomic mass is 9.99. The molecule has 9 heterocycles. The molecule has 0 radical (unpaired) electrons. The number of allylic oxidation sites excluding steroid dienone is 2. The van der Waals surface area contributed by atoms with Gasteiger partial charge in [-0.25, -0.2) is 19.9 Å². The Morgan fingerprint density at radius 2 is 0.810 bits per heavy atom. The van der Waals surface area contributed by atoms with Crippen LogP contribution >= 0.6 is 0 Å². The van der Waals surface area contributed by atoms with Crippen LogP contribution in [0.25, 0.3) is 77.3 Å². The van der Waals surface area contributed by atoms with Crippen LogP contribution in [-0.4, -0.2) is 185 Å². The fourth-order valence-electron chi connectivity index (χ4n) is 20.6. The van der Waals surface area contributed by atoms with Crippen molar-refractivity contribution in [3.05, 3.63) is 302 Å². The topological polar surface area (TPSA) is 371 Å². The number of carbonyl (C=O) groups excluding carboxylic acids is 5. The molecule has 6 N–H and O–H groups in total. The molecule has 6 aliphatic rings. The van der Waals surface area contributed by atoms with Gasteiger partial charge in [0.2, 0.25) is 23.5 Å². The number of rotatable bonds is 31. The van der Waals surface area contributed by atoms with Gasteiger partial charge >= 0.3 is 0 Å². The molecule has 22 rings (SSSR count). The number of carbonyl (C=O) groups is 5. The molecule has 9 aromatic heterocycles. The van der Waals surface area contributed by atoms with Gasteiger partial charge in [0, 0.05) is 201 Å². The first-order valence-corrected chi connectivity index (χ1v) is 51.0. The van der Waals surface area contributed by atoms with Crippen LogP contribution in [-0.2, 0) is 45.6 Å². The lowest BCUT2D eigenvalue weighted by molar-refractivity contribution is 0.0826. The zero-order valence-electron chi connectivity index (χ0n) is 85.0. The highest BCUT2D eigenvalue weighted by Gasteiger charge is 2.34. The summed E-state index contributed by atoms with van der Waals surface area (Å²) in [6, 6.07) is 48.7. The van der Waals surface area contributed by atoms with E-state index in [9.17, 15) is 24.0 Å². The minimum Gasteiger partial charge on any atom is -0.496 e. The summed E-state index contributed by atoms with van der Waals surface area (Å²) in [4.78, 5) is 112.